The van der Waals surface area contributed by atoms with Gasteiger partial charge in [0.1, 0.15) is 0 Å². The first kappa shape index (κ1) is 16.8. The molecule has 0 aliphatic carbocycles. The molecule has 0 bridgehead atoms. The lowest BCUT2D eigenvalue weighted by Crippen LogP contribution is -2.24. The summed E-state index contributed by atoms with van der Waals surface area (Å²) in [6, 6.07) is 4.85. The Morgan fingerprint density at radius 3 is 2.63 bits per heavy atom. The lowest BCUT2D eigenvalue weighted by molar-refractivity contribution is -0.136. The smallest absolute Gasteiger partial charge is 0.310 e. The molecule has 1 unspecified atom stereocenters. The van der Waals surface area contributed by atoms with E-state index in [0.717, 1.165) is 10.9 Å². The molecule has 0 spiro atoms. The predicted octanol–water partition coefficient (Wildman–Crippen LogP) is 5.49. The third-order valence-electron chi connectivity index (χ3n) is 2.69. The van der Waals surface area contributed by atoms with Crippen molar-refractivity contribution >= 4 is 27.5 Å². The van der Waals surface area contributed by atoms with E-state index >= 15 is 0 Å². The third-order valence-corrected chi connectivity index (χ3v) is 3.53. The summed E-state index contributed by atoms with van der Waals surface area (Å²) >= 11 is 9.39. The van der Waals surface area contributed by atoms with Crippen LogP contribution in [0.15, 0.2) is 22.7 Å². The van der Waals surface area contributed by atoms with Crippen molar-refractivity contribution in [1.29, 1.82) is 0 Å². The van der Waals surface area contributed by atoms with Crippen molar-refractivity contribution in [3.8, 4) is 0 Å². The Balaban J connectivity index is 2.85. The van der Waals surface area contributed by atoms with Gasteiger partial charge in [0.05, 0.1) is 0 Å². The van der Waals surface area contributed by atoms with Crippen LogP contribution in [0.3, 0.4) is 0 Å². The SMILES string of the molecule is CCCNC(CCC(F)(F)F)c1cc(Br)ccc1Cl. The Morgan fingerprint density at radius 1 is 1.37 bits per heavy atom. The maximum atomic E-state index is 12.4. The lowest BCUT2D eigenvalue weighted by atomic mass is 10.0. The van der Waals surface area contributed by atoms with Crippen molar-refractivity contribution < 1.29 is 13.2 Å². The molecule has 0 radical (unpaired) electrons. The van der Waals surface area contributed by atoms with Gasteiger partial charge in [-0.2, -0.15) is 13.2 Å². The number of nitrogens with one attached hydrogen (secondary N) is 1. The molecule has 0 aliphatic heterocycles. The highest BCUT2D eigenvalue weighted by molar-refractivity contribution is 9.10. The summed E-state index contributed by atoms with van der Waals surface area (Å²) in [5.74, 6) is 0. The van der Waals surface area contributed by atoms with E-state index in [-0.39, 0.29) is 12.5 Å². The molecule has 0 fully saturated rings. The summed E-state index contributed by atoms with van der Waals surface area (Å²) in [6.45, 7) is 2.63. The number of halogens is 5. The molecule has 19 heavy (non-hydrogen) atoms. The fourth-order valence-electron chi connectivity index (χ4n) is 1.78. The van der Waals surface area contributed by atoms with Crippen molar-refractivity contribution in [3.05, 3.63) is 33.3 Å². The van der Waals surface area contributed by atoms with E-state index in [9.17, 15) is 13.2 Å². The Kier molecular flexibility index (Phi) is 6.63. The average molecular weight is 359 g/mol. The van der Waals surface area contributed by atoms with Crippen LogP contribution in [0, 0.1) is 0 Å². The molecule has 0 aromatic heterocycles. The Labute approximate surface area is 124 Å². The molecule has 1 N–H and O–H groups in total. The molecule has 108 valence electrons. The van der Waals surface area contributed by atoms with E-state index in [1.165, 1.54) is 0 Å². The molecule has 0 saturated heterocycles. The highest BCUT2D eigenvalue weighted by atomic mass is 79.9. The van der Waals surface area contributed by atoms with E-state index in [1.54, 1.807) is 18.2 Å². The van der Waals surface area contributed by atoms with Gasteiger partial charge in [0.15, 0.2) is 0 Å². The topological polar surface area (TPSA) is 12.0 Å². The van der Waals surface area contributed by atoms with Crippen LogP contribution in [-0.2, 0) is 0 Å². The maximum Gasteiger partial charge on any atom is 0.389 e. The Morgan fingerprint density at radius 2 is 2.05 bits per heavy atom. The average Bonchev–Trinajstić information content (AvgIpc) is 2.32. The fraction of sp³-hybridized carbons (Fsp3) is 0.538. The van der Waals surface area contributed by atoms with Crippen molar-refractivity contribution in [1.82, 2.24) is 5.32 Å². The summed E-state index contributed by atoms with van der Waals surface area (Å²) in [7, 11) is 0. The molecule has 0 heterocycles. The molecular formula is C13H16BrClF3N. The highest BCUT2D eigenvalue weighted by Gasteiger charge is 2.29. The van der Waals surface area contributed by atoms with Crippen molar-refractivity contribution in [2.75, 3.05) is 6.54 Å². The number of hydrogen-bond donors (Lipinski definition) is 1. The summed E-state index contributed by atoms with van der Waals surface area (Å²) in [6.07, 6.45) is -4.13. The van der Waals surface area contributed by atoms with Crippen LogP contribution in [-0.4, -0.2) is 12.7 Å². The number of alkyl halides is 3. The molecule has 1 nitrogen and oxygen atoms in total. The fourth-order valence-corrected chi connectivity index (χ4v) is 2.40. The summed E-state index contributed by atoms with van der Waals surface area (Å²) in [4.78, 5) is 0. The standard InChI is InChI=1S/C13H16BrClF3N/c1-2-7-19-12(5-6-13(16,17)18)10-8-9(14)3-4-11(10)15/h3-4,8,12,19H,2,5-7H2,1H3. The second-order valence-corrected chi connectivity index (χ2v) is 5.65. The summed E-state index contributed by atoms with van der Waals surface area (Å²) in [5, 5.41) is 3.61. The monoisotopic (exact) mass is 357 g/mol. The zero-order valence-corrected chi connectivity index (χ0v) is 12.9. The molecular weight excluding hydrogens is 343 g/mol. The van der Waals surface area contributed by atoms with Gasteiger partial charge in [0.25, 0.3) is 0 Å². The van der Waals surface area contributed by atoms with Crippen LogP contribution < -0.4 is 5.32 Å². The minimum Gasteiger partial charge on any atom is -0.310 e. The first-order valence-electron chi connectivity index (χ1n) is 6.08. The Hall–Kier alpha value is -0.260. The number of rotatable bonds is 6. The third kappa shape index (κ3) is 6.15. The van der Waals surface area contributed by atoms with Gasteiger partial charge in [-0.25, -0.2) is 0 Å². The minimum absolute atomic E-state index is 0.0142. The van der Waals surface area contributed by atoms with E-state index in [0.29, 0.717) is 17.1 Å². The van der Waals surface area contributed by atoms with Crippen LogP contribution in [0.5, 0.6) is 0 Å². The van der Waals surface area contributed by atoms with Gasteiger partial charge in [-0.05, 0) is 43.1 Å². The summed E-state index contributed by atoms with van der Waals surface area (Å²) < 4.78 is 37.9. The van der Waals surface area contributed by atoms with Gasteiger partial charge in [0, 0.05) is 22.0 Å². The molecule has 0 saturated carbocycles. The molecule has 1 aromatic rings. The van der Waals surface area contributed by atoms with Crippen LogP contribution >= 0.6 is 27.5 Å². The molecule has 1 rings (SSSR count). The molecule has 0 amide bonds. The Bertz CT molecular complexity index is 409. The van der Waals surface area contributed by atoms with E-state index < -0.39 is 12.6 Å². The van der Waals surface area contributed by atoms with Gasteiger partial charge < -0.3 is 5.32 Å². The molecule has 0 aliphatic rings. The highest BCUT2D eigenvalue weighted by Crippen LogP contribution is 2.32. The molecule has 6 heteroatoms. The first-order chi connectivity index (χ1) is 8.83. The van der Waals surface area contributed by atoms with Gasteiger partial charge >= 0.3 is 6.18 Å². The van der Waals surface area contributed by atoms with Crippen LogP contribution in [0.4, 0.5) is 13.2 Å². The minimum atomic E-state index is -4.15. The zero-order chi connectivity index (χ0) is 14.5. The van der Waals surface area contributed by atoms with Crippen molar-refractivity contribution in [2.24, 2.45) is 0 Å². The van der Waals surface area contributed by atoms with Gasteiger partial charge in [0.2, 0.25) is 0 Å². The van der Waals surface area contributed by atoms with Crippen molar-refractivity contribution in [2.45, 2.75) is 38.4 Å². The van der Waals surface area contributed by atoms with E-state index in [1.807, 2.05) is 6.92 Å². The largest absolute Gasteiger partial charge is 0.389 e. The lowest BCUT2D eigenvalue weighted by Gasteiger charge is -2.21. The van der Waals surface area contributed by atoms with E-state index in [4.69, 9.17) is 11.6 Å². The van der Waals surface area contributed by atoms with Crippen molar-refractivity contribution in [3.63, 3.8) is 0 Å². The number of hydrogen-bond acceptors (Lipinski definition) is 1. The van der Waals surface area contributed by atoms with Crippen LogP contribution in [0.2, 0.25) is 5.02 Å². The van der Waals surface area contributed by atoms with E-state index in [2.05, 4.69) is 21.2 Å². The van der Waals surface area contributed by atoms with Gasteiger partial charge in [-0.15, -0.1) is 0 Å². The normalized spacial score (nSPS) is 13.6. The second kappa shape index (κ2) is 7.50. The van der Waals surface area contributed by atoms with Gasteiger partial charge in [-0.1, -0.05) is 34.5 Å². The molecule has 1 aromatic carbocycles. The summed E-state index contributed by atoms with van der Waals surface area (Å²) in [5.41, 5.74) is 0.703. The zero-order valence-electron chi connectivity index (χ0n) is 10.5. The predicted molar refractivity (Wildman–Crippen MR) is 75.5 cm³/mol. The number of benzene rings is 1. The first-order valence-corrected chi connectivity index (χ1v) is 7.25. The van der Waals surface area contributed by atoms with Crippen LogP contribution in [0.1, 0.15) is 37.8 Å². The quantitative estimate of drug-likeness (QED) is 0.709. The second-order valence-electron chi connectivity index (χ2n) is 4.33. The molecule has 1 atom stereocenters. The van der Waals surface area contributed by atoms with Crippen LogP contribution in [0.25, 0.3) is 0 Å². The van der Waals surface area contributed by atoms with Gasteiger partial charge in [-0.3, -0.25) is 0 Å². The maximum absolute atomic E-state index is 12.4.